The molecule has 0 aromatic heterocycles. The standard InChI is InChI=1S/C18H23FN2O3/c1-13(2)17(23)20-9-3-8-18(11-20)12-21(16(22)10-24-18)15-6-4-14(19)5-7-15/h4-7,13H,3,8-12H2,1-2H3. The normalized spacial score (nSPS) is 24.8. The molecule has 6 heteroatoms. The fourth-order valence-electron chi connectivity index (χ4n) is 3.47. The summed E-state index contributed by atoms with van der Waals surface area (Å²) in [4.78, 5) is 28.1. The summed E-state index contributed by atoms with van der Waals surface area (Å²) in [5.41, 5.74) is 0.127. The zero-order chi connectivity index (χ0) is 17.3. The van der Waals surface area contributed by atoms with E-state index in [0.29, 0.717) is 18.8 Å². The molecule has 0 bridgehead atoms. The van der Waals surface area contributed by atoms with E-state index in [9.17, 15) is 14.0 Å². The van der Waals surface area contributed by atoms with E-state index in [1.54, 1.807) is 17.0 Å². The Morgan fingerprint density at radius 3 is 2.62 bits per heavy atom. The number of rotatable bonds is 2. The zero-order valence-electron chi connectivity index (χ0n) is 14.1. The van der Waals surface area contributed by atoms with Crippen LogP contribution in [-0.2, 0) is 14.3 Å². The van der Waals surface area contributed by atoms with Gasteiger partial charge in [-0.2, -0.15) is 0 Å². The Morgan fingerprint density at radius 1 is 1.25 bits per heavy atom. The Morgan fingerprint density at radius 2 is 1.96 bits per heavy atom. The molecule has 2 aliphatic heterocycles. The molecule has 1 unspecified atom stereocenters. The number of nitrogens with zero attached hydrogens (tertiary/aromatic N) is 2. The summed E-state index contributed by atoms with van der Waals surface area (Å²) in [6.45, 7) is 5.38. The molecule has 1 spiro atoms. The highest BCUT2D eigenvalue weighted by Gasteiger charge is 2.44. The minimum atomic E-state index is -0.537. The van der Waals surface area contributed by atoms with E-state index in [2.05, 4.69) is 0 Å². The molecule has 1 aromatic rings. The molecule has 2 heterocycles. The van der Waals surface area contributed by atoms with Gasteiger partial charge in [0.25, 0.3) is 5.91 Å². The van der Waals surface area contributed by atoms with Gasteiger partial charge in [-0.1, -0.05) is 13.8 Å². The van der Waals surface area contributed by atoms with Crippen molar-refractivity contribution in [1.82, 2.24) is 4.90 Å². The molecule has 2 fully saturated rings. The van der Waals surface area contributed by atoms with Crippen LogP contribution in [0.4, 0.5) is 10.1 Å². The van der Waals surface area contributed by atoms with Crippen LogP contribution in [0.3, 0.4) is 0 Å². The van der Waals surface area contributed by atoms with Crippen molar-refractivity contribution in [2.75, 3.05) is 31.1 Å². The Labute approximate surface area is 141 Å². The van der Waals surface area contributed by atoms with Crippen LogP contribution in [0.2, 0.25) is 0 Å². The molecule has 24 heavy (non-hydrogen) atoms. The molecule has 3 rings (SSSR count). The summed E-state index contributed by atoms with van der Waals surface area (Å²) in [7, 11) is 0. The summed E-state index contributed by atoms with van der Waals surface area (Å²) in [5, 5.41) is 0. The third-order valence-corrected chi connectivity index (χ3v) is 4.73. The average molecular weight is 334 g/mol. The lowest BCUT2D eigenvalue weighted by molar-refractivity contribution is -0.155. The van der Waals surface area contributed by atoms with Gasteiger partial charge in [0.05, 0.1) is 13.1 Å². The molecule has 0 radical (unpaired) electrons. The summed E-state index contributed by atoms with van der Waals surface area (Å²) >= 11 is 0. The Bertz CT molecular complexity index is 632. The molecule has 0 N–H and O–H groups in total. The van der Waals surface area contributed by atoms with Crippen molar-refractivity contribution in [2.24, 2.45) is 5.92 Å². The van der Waals surface area contributed by atoms with Crippen LogP contribution in [0.15, 0.2) is 24.3 Å². The topological polar surface area (TPSA) is 49.9 Å². The van der Waals surface area contributed by atoms with Crippen molar-refractivity contribution in [1.29, 1.82) is 0 Å². The monoisotopic (exact) mass is 334 g/mol. The van der Waals surface area contributed by atoms with E-state index in [4.69, 9.17) is 4.74 Å². The summed E-state index contributed by atoms with van der Waals surface area (Å²) in [6, 6.07) is 5.90. The van der Waals surface area contributed by atoms with Gasteiger partial charge in [-0.15, -0.1) is 0 Å². The number of hydrogen-bond acceptors (Lipinski definition) is 3. The highest BCUT2D eigenvalue weighted by molar-refractivity contribution is 5.95. The first-order valence-corrected chi connectivity index (χ1v) is 8.39. The van der Waals surface area contributed by atoms with E-state index >= 15 is 0 Å². The quantitative estimate of drug-likeness (QED) is 0.833. The summed E-state index contributed by atoms with van der Waals surface area (Å²) in [6.07, 6.45) is 1.66. The Balaban J connectivity index is 1.79. The number of benzene rings is 1. The van der Waals surface area contributed by atoms with Gasteiger partial charge in [0, 0.05) is 18.2 Å². The lowest BCUT2D eigenvalue weighted by atomic mass is 9.89. The van der Waals surface area contributed by atoms with Crippen LogP contribution >= 0.6 is 0 Å². The lowest BCUT2D eigenvalue weighted by Gasteiger charge is -2.48. The Hall–Kier alpha value is -1.95. The number of likely N-dealkylation sites (tertiary alicyclic amines) is 1. The first-order chi connectivity index (χ1) is 11.4. The van der Waals surface area contributed by atoms with Crippen LogP contribution in [0.1, 0.15) is 26.7 Å². The number of hydrogen-bond donors (Lipinski definition) is 0. The molecule has 0 aliphatic carbocycles. The molecular formula is C18H23FN2O3. The highest BCUT2D eigenvalue weighted by Crippen LogP contribution is 2.32. The lowest BCUT2D eigenvalue weighted by Crippen LogP contribution is -2.62. The van der Waals surface area contributed by atoms with Crippen molar-refractivity contribution < 1.29 is 18.7 Å². The maximum absolute atomic E-state index is 13.1. The van der Waals surface area contributed by atoms with Gasteiger partial charge in [-0.05, 0) is 37.1 Å². The molecule has 2 amide bonds. The number of morpholine rings is 1. The molecule has 5 nitrogen and oxygen atoms in total. The molecular weight excluding hydrogens is 311 g/mol. The van der Waals surface area contributed by atoms with Gasteiger partial charge < -0.3 is 14.5 Å². The largest absolute Gasteiger partial charge is 0.361 e. The third-order valence-electron chi connectivity index (χ3n) is 4.73. The number of amides is 2. The number of ether oxygens (including phenoxy) is 1. The van der Waals surface area contributed by atoms with Gasteiger partial charge in [-0.3, -0.25) is 9.59 Å². The maximum atomic E-state index is 13.1. The molecule has 0 saturated carbocycles. The first kappa shape index (κ1) is 16.9. The number of carbonyl (C=O) groups excluding carboxylic acids is 2. The van der Waals surface area contributed by atoms with E-state index in [1.165, 1.54) is 12.1 Å². The van der Waals surface area contributed by atoms with Crippen LogP contribution in [-0.4, -0.2) is 48.6 Å². The van der Waals surface area contributed by atoms with Gasteiger partial charge in [-0.25, -0.2) is 4.39 Å². The van der Waals surface area contributed by atoms with Crippen LogP contribution in [0.5, 0.6) is 0 Å². The van der Waals surface area contributed by atoms with Gasteiger partial charge in [0.2, 0.25) is 5.91 Å². The van der Waals surface area contributed by atoms with Crippen LogP contribution < -0.4 is 4.90 Å². The molecule has 1 atom stereocenters. The zero-order valence-corrected chi connectivity index (χ0v) is 14.1. The molecule has 2 saturated heterocycles. The Kier molecular flexibility index (Phi) is 4.58. The van der Waals surface area contributed by atoms with Gasteiger partial charge in [0.15, 0.2) is 0 Å². The molecule has 2 aliphatic rings. The van der Waals surface area contributed by atoms with Crippen LogP contribution in [0.25, 0.3) is 0 Å². The third kappa shape index (κ3) is 3.29. The SMILES string of the molecule is CC(C)C(=O)N1CCCC2(C1)CN(c1ccc(F)cc1)C(=O)CO2. The predicted molar refractivity (Wildman–Crippen MR) is 88.1 cm³/mol. The predicted octanol–water partition coefficient (Wildman–Crippen LogP) is 2.21. The molecule has 130 valence electrons. The second-order valence-electron chi connectivity index (χ2n) is 6.95. The van der Waals surface area contributed by atoms with Crippen molar-refractivity contribution in [3.05, 3.63) is 30.1 Å². The van der Waals surface area contributed by atoms with E-state index in [1.807, 2.05) is 18.7 Å². The van der Waals surface area contributed by atoms with Crippen LogP contribution in [0, 0.1) is 11.7 Å². The fourth-order valence-corrected chi connectivity index (χ4v) is 3.47. The average Bonchev–Trinajstić information content (AvgIpc) is 2.57. The van der Waals surface area contributed by atoms with Crippen molar-refractivity contribution >= 4 is 17.5 Å². The second-order valence-corrected chi connectivity index (χ2v) is 6.95. The van der Waals surface area contributed by atoms with Gasteiger partial charge >= 0.3 is 0 Å². The minimum absolute atomic E-state index is 0.0128. The van der Waals surface area contributed by atoms with E-state index in [-0.39, 0.29) is 30.2 Å². The number of carbonyl (C=O) groups is 2. The van der Waals surface area contributed by atoms with Crippen molar-refractivity contribution in [3.8, 4) is 0 Å². The first-order valence-electron chi connectivity index (χ1n) is 8.39. The van der Waals surface area contributed by atoms with E-state index in [0.717, 1.165) is 19.4 Å². The summed E-state index contributed by atoms with van der Waals surface area (Å²) in [5.74, 6) is -0.415. The number of halogens is 1. The minimum Gasteiger partial charge on any atom is -0.361 e. The van der Waals surface area contributed by atoms with Crippen molar-refractivity contribution in [3.63, 3.8) is 0 Å². The maximum Gasteiger partial charge on any atom is 0.253 e. The van der Waals surface area contributed by atoms with E-state index < -0.39 is 5.60 Å². The molecule has 1 aromatic carbocycles. The number of piperidine rings is 1. The van der Waals surface area contributed by atoms with Gasteiger partial charge in [0.1, 0.15) is 18.0 Å². The smallest absolute Gasteiger partial charge is 0.253 e. The van der Waals surface area contributed by atoms with Crippen molar-refractivity contribution in [2.45, 2.75) is 32.3 Å². The highest BCUT2D eigenvalue weighted by atomic mass is 19.1. The summed E-state index contributed by atoms with van der Waals surface area (Å²) < 4.78 is 19.0. The number of anilines is 1. The second kappa shape index (κ2) is 6.51. The fraction of sp³-hybridized carbons (Fsp3) is 0.556.